The number of rotatable bonds is 8. The number of ether oxygens (including phenoxy) is 2. The summed E-state index contributed by atoms with van der Waals surface area (Å²) in [5.41, 5.74) is 0.434. The summed E-state index contributed by atoms with van der Waals surface area (Å²) in [5.74, 6) is 0.566. The molecule has 1 aliphatic carbocycles. The summed E-state index contributed by atoms with van der Waals surface area (Å²) in [6.45, 7) is 1.24. The van der Waals surface area contributed by atoms with Crippen LogP contribution in [0.5, 0.6) is 0 Å². The Kier molecular flexibility index (Phi) is 7.25. The van der Waals surface area contributed by atoms with Crippen LogP contribution >= 0.6 is 11.8 Å². The molecule has 2 aromatic heterocycles. The van der Waals surface area contributed by atoms with E-state index in [0.717, 1.165) is 30.6 Å². The fourth-order valence-electron chi connectivity index (χ4n) is 3.18. The number of thioether (sulfide) groups is 1. The fraction of sp³-hybridized carbons (Fsp3) is 0.526. The van der Waals surface area contributed by atoms with E-state index in [4.69, 9.17) is 9.47 Å². The average Bonchev–Trinajstić information content (AvgIpc) is 3.24. The van der Waals surface area contributed by atoms with E-state index in [0.29, 0.717) is 24.7 Å². The molecule has 0 bridgehead atoms. The number of carbonyl (C=O) groups is 1. The van der Waals surface area contributed by atoms with Gasteiger partial charge in [0.15, 0.2) is 0 Å². The summed E-state index contributed by atoms with van der Waals surface area (Å²) < 4.78 is 12.6. The summed E-state index contributed by atoms with van der Waals surface area (Å²) >= 11 is 1.59. The number of imidazole rings is 1. The van der Waals surface area contributed by atoms with E-state index in [2.05, 4.69) is 15.3 Å². The van der Waals surface area contributed by atoms with Crippen molar-refractivity contribution < 1.29 is 14.3 Å². The van der Waals surface area contributed by atoms with Gasteiger partial charge in [0.25, 0.3) is 5.91 Å². The van der Waals surface area contributed by atoms with Gasteiger partial charge in [0, 0.05) is 30.4 Å². The number of hydrogen-bond acceptors (Lipinski definition) is 6. The zero-order valence-electron chi connectivity index (χ0n) is 15.8. The van der Waals surface area contributed by atoms with E-state index in [1.165, 1.54) is 0 Å². The first-order valence-electron chi connectivity index (χ1n) is 9.15. The van der Waals surface area contributed by atoms with Crippen LogP contribution in [-0.4, -0.2) is 59.2 Å². The van der Waals surface area contributed by atoms with E-state index in [-0.39, 0.29) is 18.1 Å². The molecule has 1 aliphatic rings. The molecular formula is C19H26N4O3S. The maximum atomic E-state index is 12.7. The monoisotopic (exact) mass is 390 g/mol. The summed E-state index contributed by atoms with van der Waals surface area (Å²) in [5, 5.41) is 3.13. The Morgan fingerprint density at radius 3 is 2.78 bits per heavy atom. The molecule has 2 heterocycles. The summed E-state index contributed by atoms with van der Waals surface area (Å²) in [4.78, 5) is 22.3. The van der Waals surface area contributed by atoms with E-state index < -0.39 is 0 Å². The Labute approximate surface area is 163 Å². The third kappa shape index (κ3) is 5.54. The van der Waals surface area contributed by atoms with Crippen molar-refractivity contribution >= 4 is 17.7 Å². The highest BCUT2D eigenvalue weighted by atomic mass is 32.2. The number of nitrogens with zero attached hydrogens (tertiary/aromatic N) is 3. The highest BCUT2D eigenvalue weighted by Gasteiger charge is 2.24. The smallest absolute Gasteiger partial charge is 0.270 e. The van der Waals surface area contributed by atoms with Gasteiger partial charge in [0.05, 0.1) is 19.3 Å². The molecule has 146 valence electrons. The molecule has 27 heavy (non-hydrogen) atoms. The van der Waals surface area contributed by atoms with Crippen LogP contribution in [0.4, 0.5) is 0 Å². The molecule has 2 aromatic rings. The van der Waals surface area contributed by atoms with Crippen LogP contribution in [0.25, 0.3) is 5.82 Å². The maximum Gasteiger partial charge on any atom is 0.270 e. The minimum absolute atomic E-state index is 0.129. The molecule has 0 atom stereocenters. The number of nitrogens with one attached hydrogen (secondary N) is 1. The molecule has 0 spiro atoms. The summed E-state index contributed by atoms with van der Waals surface area (Å²) in [6.07, 6.45) is 11.2. The van der Waals surface area contributed by atoms with Gasteiger partial charge in [0.2, 0.25) is 0 Å². The lowest BCUT2D eigenvalue weighted by Crippen LogP contribution is -2.39. The van der Waals surface area contributed by atoms with Crippen molar-refractivity contribution in [1.82, 2.24) is 19.9 Å². The number of pyridine rings is 1. The largest absolute Gasteiger partial charge is 0.382 e. The lowest BCUT2D eigenvalue weighted by molar-refractivity contribution is -0.00409. The first kappa shape index (κ1) is 19.9. The zero-order chi connectivity index (χ0) is 19.1. The van der Waals surface area contributed by atoms with Crippen LogP contribution in [0.15, 0.2) is 35.7 Å². The van der Waals surface area contributed by atoms with Gasteiger partial charge in [-0.15, -0.1) is 11.8 Å². The standard InChI is InChI=1S/C19H26N4O3S/c1-25-9-10-26-15-5-3-14(4-6-15)21-19(24)17-11-16(27-2)12-18(22-17)23-8-7-20-13-23/h7-8,11-15H,3-6,9-10H2,1-2H3,(H,21,24)/t14-,15-. The molecule has 1 saturated carbocycles. The van der Waals surface area contributed by atoms with Crippen LogP contribution < -0.4 is 5.32 Å². The molecular weight excluding hydrogens is 364 g/mol. The normalized spacial score (nSPS) is 19.8. The second kappa shape index (κ2) is 9.87. The fourth-order valence-corrected chi connectivity index (χ4v) is 3.64. The van der Waals surface area contributed by atoms with Crippen LogP contribution in [-0.2, 0) is 9.47 Å². The van der Waals surface area contributed by atoms with Gasteiger partial charge < -0.3 is 14.8 Å². The van der Waals surface area contributed by atoms with E-state index in [9.17, 15) is 4.79 Å². The molecule has 0 aromatic carbocycles. The highest BCUT2D eigenvalue weighted by Crippen LogP contribution is 2.23. The molecule has 0 saturated heterocycles. The molecule has 0 unspecified atom stereocenters. The maximum absolute atomic E-state index is 12.7. The van der Waals surface area contributed by atoms with Gasteiger partial charge in [-0.05, 0) is 44.1 Å². The first-order valence-corrected chi connectivity index (χ1v) is 10.4. The molecule has 7 nitrogen and oxygen atoms in total. The van der Waals surface area contributed by atoms with Crippen LogP contribution in [0.3, 0.4) is 0 Å². The predicted octanol–water partition coefficient (Wildman–Crippen LogP) is 2.69. The van der Waals surface area contributed by atoms with Crippen molar-refractivity contribution in [3.63, 3.8) is 0 Å². The Balaban J connectivity index is 1.59. The van der Waals surface area contributed by atoms with Gasteiger partial charge in [-0.25, -0.2) is 9.97 Å². The van der Waals surface area contributed by atoms with Crippen molar-refractivity contribution in [2.45, 2.75) is 42.7 Å². The molecule has 1 fully saturated rings. The Bertz CT molecular complexity index is 731. The van der Waals surface area contributed by atoms with Gasteiger partial charge in [0.1, 0.15) is 17.8 Å². The van der Waals surface area contributed by atoms with E-state index in [1.807, 2.05) is 24.6 Å². The lowest BCUT2D eigenvalue weighted by atomic mass is 9.93. The van der Waals surface area contributed by atoms with E-state index in [1.54, 1.807) is 36.0 Å². The molecule has 0 aliphatic heterocycles. The predicted molar refractivity (Wildman–Crippen MR) is 104 cm³/mol. The second-order valence-electron chi connectivity index (χ2n) is 6.53. The summed E-state index contributed by atoms with van der Waals surface area (Å²) in [7, 11) is 1.67. The van der Waals surface area contributed by atoms with Crippen molar-refractivity contribution in [2.75, 3.05) is 26.6 Å². The van der Waals surface area contributed by atoms with Gasteiger partial charge in [-0.3, -0.25) is 9.36 Å². The summed E-state index contributed by atoms with van der Waals surface area (Å²) in [6, 6.07) is 3.95. The van der Waals surface area contributed by atoms with Gasteiger partial charge in [-0.1, -0.05) is 0 Å². The average molecular weight is 391 g/mol. The number of methoxy groups -OCH3 is 1. The topological polar surface area (TPSA) is 78.3 Å². The van der Waals surface area contributed by atoms with E-state index >= 15 is 0 Å². The molecule has 1 N–H and O–H groups in total. The molecule has 3 rings (SSSR count). The van der Waals surface area contributed by atoms with Crippen LogP contribution in [0, 0.1) is 0 Å². The minimum atomic E-state index is -0.129. The van der Waals surface area contributed by atoms with Crippen molar-refractivity contribution in [2.24, 2.45) is 0 Å². The first-order chi connectivity index (χ1) is 13.2. The van der Waals surface area contributed by atoms with Crippen LogP contribution in [0.1, 0.15) is 36.2 Å². The zero-order valence-corrected chi connectivity index (χ0v) is 16.6. The van der Waals surface area contributed by atoms with Crippen LogP contribution in [0.2, 0.25) is 0 Å². The number of carbonyl (C=O) groups excluding carboxylic acids is 1. The molecule has 1 amide bonds. The third-order valence-electron chi connectivity index (χ3n) is 4.67. The van der Waals surface area contributed by atoms with Crippen molar-refractivity contribution in [3.8, 4) is 5.82 Å². The molecule has 0 radical (unpaired) electrons. The number of amides is 1. The second-order valence-corrected chi connectivity index (χ2v) is 7.41. The SMILES string of the molecule is COCCO[C@H]1CC[C@H](NC(=O)c2cc(SC)cc(-n3ccnc3)n2)CC1. The Morgan fingerprint density at radius 1 is 1.30 bits per heavy atom. The minimum Gasteiger partial charge on any atom is -0.382 e. The number of hydrogen-bond donors (Lipinski definition) is 1. The Hall–Kier alpha value is -1.90. The third-order valence-corrected chi connectivity index (χ3v) is 5.38. The number of aromatic nitrogens is 3. The van der Waals surface area contributed by atoms with Gasteiger partial charge >= 0.3 is 0 Å². The highest BCUT2D eigenvalue weighted by molar-refractivity contribution is 7.98. The lowest BCUT2D eigenvalue weighted by Gasteiger charge is -2.29. The Morgan fingerprint density at radius 2 is 2.11 bits per heavy atom. The quantitative estimate of drug-likeness (QED) is 0.552. The van der Waals surface area contributed by atoms with Crippen molar-refractivity contribution in [1.29, 1.82) is 0 Å². The van der Waals surface area contributed by atoms with Crippen molar-refractivity contribution in [3.05, 3.63) is 36.5 Å². The van der Waals surface area contributed by atoms with Gasteiger partial charge in [-0.2, -0.15) is 0 Å². The molecule has 8 heteroatoms.